The van der Waals surface area contributed by atoms with Crippen molar-refractivity contribution in [3.8, 4) is 6.07 Å². The summed E-state index contributed by atoms with van der Waals surface area (Å²) in [6.45, 7) is 0. The summed E-state index contributed by atoms with van der Waals surface area (Å²) < 4.78 is 0.899. The molecule has 0 bridgehead atoms. The maximum atomic E-state index is 9.18. The molecule has 0 aliphatic carbocycles. The monoisotopic (exact) mass is 315 g/mol. The van der Waals surface area contributed by atoms with Gasteiger partial charge in [0.1, 0.15) is 6.07 Å². The summed E-state index contributed by atoms with van der Waals surface area (Å²) in [5, 5.41) is 12.5. The molecule has 0 atom stereocenters. The van der Waals surface area contributed by atoms with E-state index in [4.69, 9.17) is 0 Å². The van der Waals surface area contributed by atoms with E-state index in [9.17, 15) is 5.26 Å². The van der Waals surface area contributed by atoms with Gasteiger partial charge in [-0.2, -0.15) is 5.26 Å². The van der Waals surface area contributed by atoms with Crippen LogP contribution < -0.4 is 10.2 Å². The lowest BCUT2D eigenvalue weighted by molar-refractivity contribution is 1.13. The minimum atomic E-state index is 0.614. The smallest absolute Gasteiger partial charge is 0.101 e. The molecule has 0 aromatic heterocycles. The summed E-state index contributed by atoms with van der Waals surface area (Å²) >= 11 is 3.37. The molecule has 2 aromatic carbocycles. The van der Waals surface area contributed by atoms with Crippen LogP contribution in [-0.4, -0.2) is 14.1 Å². The number of benzene rings is 2. The van der Waals surface area contributed by atoms with Crippen molar-refractivity contribution in [1.82, 2.24) is 0 Å². The molecule has 0 spiro atoms. The van der Waals surface area contributed by atoms with E-state index in [0.717, 1.165) is 21.5 Å². The first-order chi connectivity index (χ1) is 9.11. The number of hydrogen-bond donors (Lipinski definition) is 1. The Hall–Kier alpha value is -1.99. The molecule has 0 saturated carbocycles. The molecular formula is C15H14BrN3. The van der Waals surface area contributed by atoms with Gasteiger partial charge in [-0.1, -0.05) is 28.1 Å². The molecule has 19 heavy (non-hydrogen) atoms. The van der Waals surface area contributed by atoms with Crippen molar-refractivity contribution in [3.05, 3.63) is 52.5 Å². The predicted molar refractivity (Wildman–Crippen MR) is 82.9 cm³/mol. The normalized spacial score (nSPS) is 9.79. The van der Waals surface area contributed by atoms with Crippen LogP contribution in [-0.2, 0) is 0 Å². The third-order valence-electron chi connectivity index (χ3n) is 2.76. The Kier molecular flexibility index (Phi) is 4.08. The van der Waals surface area contributed by atoms with E-state index in [1.807, 2.05) is 55.4 Å². The average Bonchev–Trinajstić information content (AvgIpc) is 2.41. The third-order valence-corrected chi connectivity index (χ3v) is 3.25. The zero-order chi connectivity index (χ0) is 13.8. The first-order valence-corrected chi connectivity index (χ1v) is 6.64. The molecule has 2 aromatic rings. The van der Waals surface area contributed by atoms with Crippen molar-refractivity contribution >= 4 is 33.0 Å². The van der Waals surface area contributed by atoms with Gasteiger partial charge in [0.2, 0.25) is 0 Å². The Balaban J connectivity index is 2.40. The van der Waals surface area contributed by atoms with Crippen LogP contribution in [0, 0.1) is 11.3 Å². The lowest BCUT2D eigenvalue weighted by Gasteiger charge is -2.18. The lowest BCUT2D eigenvalue weighted by atomic mass is 10.1. The molecule has 0 aliphatic rings. The van der Waals surface area contributed by atoms with E-state index in [-0.39, 0.29) is 0 Å². The molecule has 0 radical (unpaired) electrons. The van der Waals surface area contributed by atoms with Gasteiger partial charge in [0.25, 0.3) is 0 Å². The summed E-state index contributed by atoms with van der Waals surface area (Å²) in [5.74, 6) is 0. The maximum Gasteiger partial charge on any atom is 0.101 e. The molecule has 3 nitrogen and oxygen atoms in total. The summed E-state index contributed by atoms with van der Waals surface area (Å²) in [7, 11) is 3.99. The van der Waals surface area contributed by atoms with Gasteiger partial charge in [-0.05, 0) is 30.3 Å². The molecule has 0 unspecified atom stereocenters. The zero-order valence-electron chi connectivity index (χ0n) is 10.8. The SMILES string of the molecule is CN(C)c1ccccc1Nc1ccc(Br)cc1C#N. The molecule has 2 rings (SSSR count). The van der Waals surface area contributed by atoms with Crippen LogP contribution in [0.2, 0.25) is 0 Å². The highest BCUT2D eigenvalue weighted by Crippen LogP contribution is 2.29. The van der Waals surface area contributed by atoms with Gasteiger partial charge < -0.3 is 10.2 Å². The van der Waals surface area contributed by atoms with E-state index in [2.05, 4.69) is 27.3 Å². The Morgan fingerprint density at radius 1 is 1.11 bits per heavy atom. The fourth-order valence-corrected chi connectivity index (χ4v) is 2.19. The summed E-state index contributed by atoms with van der Waals surface area (Å²) in [6, 6.07) is 15.8. The van der Waals surface area contributed by atoms with Gasteiger partial charge in [-0.3, -0.25) is 0 Å². The molecule has 1 N–H and O–H groups in total. The van der Waals surface area contributed by atoms with Crippen LogP contribution in [0.4, 0.5) is 17.1 Å². The predicted octanol–water partition coefficient (Wildman–Crippen LogP) is 4.13. The second-order valence-corrected chi connectivity index (χ2v) is 5.25. The first-order valence-electron chi connectivity index (χ1n) is 5.85. The van der Waals surface area contributed by atoms with Crippen molar-refractivity contribution < 1.29 is 0 Å². The lowest BCUT2D eigenvalue weighted by Crippen LogP contribution is -2.10. The van der Waals surface area contributed by atoms with Gasteiger partial charge in [0.05, 0.1) is 22.6 Å². The van der Waals surface area contributed by atoms with Crippen LogP contribution in [0.15, 0.2) is 46.9 Å². The average molecular weight is 316 g/mol. The maximum absolute atomic E-state index is 9.18. The standard InChI is InChI=1S/C15H14BrN3/c1-19(2)15-6-4-3-5-14(15)18-13-8-7-12(16)9-11(13)10-17/h3-9,18H,1-2H3. The molecule has 4 heteroatoms. The number of halogens is 1. The van der Waals surface area contributed by atoms with Gasteiger partial charge in [-0.15, -0.1) is 0 Å². The first kappa shape index (κ1) is 13.4. The minimum Gasteiger partial charge on any atom is -0.376 e. The molecule has 96 valence electrons. The van der Waals surface area contributed by atoms with Crippen LogP contribution in [0.25, 0.3) is 0 Å². The molecule has 0 heterocycles. The summed E-state index contributed by atoms with van der Waals surface area (Å²) in [4.78, 5) is 2.03. The van der Waals surface area contributed by atoms with Crippen molar-refractivity contribution in [1.29, 1.82) is 5.26 Å². The number of hydrogen-bond acceptors (Lipinski definition) is 3. The van der Waals surface area contributed by atoms with E-state index >= 15 is 0 Å². The molecule has 0 saturated heterocycles. The molecule has 0 fully saturated rings. The highest BCUT2D eigenvalue weighted by molar-refractivity contribution is 9.10. The highest BCUT2D eigenvalue weighted by atomic mass is 79.9. The van der Waals surface area contributed by atoms with Crippen molar-refractivity contribution in [2.24, 2.45) is 0 Å². The quantitative estimate of drug-likeness (QED) is 0.925. The molecule has 0 amide bonds. The fraction of sp³-hybridized carbons (Fsp3) is 0.133. The second-order valence-electron chi connectivity index (χ2n) is 4.34. The van der Waals surface area contributed by atoms with Crippen molar-refractivity contribution in [2.45, 2.75) is 0 Å². The van der Waals surface area contributed by atoms with Crippen LogP contribution in [0.3, 0.4) is 0 Å². The van der Waals surface area contributed by atoms with Crippen LogP contribution in [0.1, 0.15) is 5.56 Å². The third kappa shape index (κ3) is 3.07. The summed E-state index contributed by atoms with van der Waals surface area (Å²) in [5.41, 5.74) is 3.48. The van der Waals surface area contributed by atoms with Gasteiger partial charge in [0, 0.05) is 18.6 Å². The number of anilines is 3. The number of rotatable bonds is 3. The topological polar surface area (TPSA) is 39.1 Å². The highest BCUT2D eigenvalue weighted by Gasteiger charge is 2.07. The second kappa shape index (κ2) is 5.77. The van der Waals surface area contributed by atoms with E-state index in [0.29, 0.717) is 5.56 Å². The molecular weight excluding hydrogens is 302 g/mol. The van der Waals surface area contributed by atoms with Crippen LogP contribution >= 0.6 is 15.9 Å². The zero-order valence-corrected chi connectivity index (χ0v) is 12.4. The fourth-order valence-electron chi connectivity index (χ4n) is 1.83. The largest absolute Gasteiger partial charge is 0.376 e. The van der Waals surface area contributed by atoms with Crippen molar-refractivity contribution in [2.75, 3.05) is 24.3 Å². The molecule has 0 aliphatic heterocycles. The van der Waals surface area contributed by atoms with Crippen LogP contribution in [0.5, 0.6) is 0 Å². The van der Waals surface area contributed by atoms with Gasteiger partial charge >= 0.3 is 0 Å². The Bertz CT molecular complexity index is 630. The Morgan fingerprint density at radius 3 is 2.53 bits per heavy atom. The van der Waals surface area contributed by atoms with E-state index in [1.54, 1.807) is 6.07 Å². The summed E-state index contributed by atoms with van der Waals surface area (Å²) in [6.07, 6.45) is 0. The van der Waals surface area contributed by atoms with Crippen molar-refractivity contribution in [3.63, 3.8) is 0 Å². The van der Waals surface area contributed by atoms with Gasteiger partial charge in [-0.25, -0.2) is 0 Å². The number of nitriles is 1. The van der Waals surface area contributed by atoms with Gasteiger partial charge in [0.15, 0.2) is 0 Å². The van der Waals surface area contributed by atoms with E-state index < -0.39 is 0 Å². The number of nitrogens with one attached hydrogen (secondary N) is 1. The minimum absolute atomic E-state index is 0.614. The number of para-hydroxylation sites is 2. The number of nitrogens with zero attached hydrogens (tertiary/aromatic N) is 2. The Labute approximate surface area is 121 Å². The Morgan fingerprint density at radius 2 is 1.84 bits per heavy atom. The van der Waals surface area contributed by atoms with E-state index in [1.165, 1.54) is 0 Å².